The Morgan fingerprint density at radius 2 is 2.07 bits per heavy atom. The summed E-state index contributed by atoms with van der Waals surface area (Å²) in [4.78, 5) is 0. The Balaban J connectivity index is 2.71. The lowest BCUT2D eigenvalue weighted by atomic mass is 9.94. The van der Waals surface area contributed by atoms with Crippen LogP contribution in [0.1, 0.15) is 32.6 Å². The van der Waals surface area contributed by atoms with Crippen LogP contribution in [0, 0.1) is 0 Å². The Morgan fingerprint density at radius 1 is 1.50 bits per heavy atom. The van der Waals surface area contributed by atoms with E-state index in [0.717, 1.165) is 19.3 Å². The second-order valence-electron chi connectivity index (χ2n) is 3.91. The average molecular weight is 220 g/mol. The summed E-state index contributed by atoms with van der Waals surface area (Å²) in [5.74, 6) is 0. The van der Waals surface area contributed by atoms with Crippen LogP contribution in [0.2, 0.25) is 0 Å². The van der Waals surface area contributed by atoms with Crippen LogP contribution in [-0.2, 0) is 10.0 Å². The third kappa shape index (κ3) is 2.10. The normalized spacial score (nSPS) is 20.9. The van der Waals surface area contributed by atoms with E-state index in [4.69, 9.17) is 5.73 Å². The van der Waals surface area contributed by atoms with E-state index in [1.165, 1.54) is 4.31 Å². The minimum atomic E-state index is -3.15. The molecular weight excluding hydrogens is 200 g/mol. The van der Waals surface area contributed by atoms with E-state index in [1.807, 2.05) is 6.92 Å². The zero-order valence-corrected chi connectivity index (χ0v) is 9.76. The zero-order chi connectivity index (χ0) is 10.8. The number of rotatable bonds is 5. The third-order valence-corrected chi connectivity index (χ3v) is 5.60. The Morgan fingerprint density at radius 3 is 2.36 bits per heavy atom. The maximum absolute atomic E-state index is 12.0. The predicted octanol–water partition coefficient (Wildman–Crippen LogP) is 0.538. The van der Waals surface area contributed by atoms with E-state index in [0.29, 0.717) is 6.42 Å². The molecule has 0 amide bonds. The molecule has 0 aromatic carbocycles. The van der Waals surface area contributed by atoms with Gasteiger partial charge in [0.2, 0.25) is 10.0 Å². The van der Waals surface area contributed by atoms with Crippen molar-refractivity contribution in [1.29, 1.82) is 0 Å². The molecule has 0 aromatic heterocycles. The molecule has 0 spiro atoms. The first-order valence-electron chi connectivity index (χ1n) is 5.21. The van der Waals surface area contributed by atoms with Crippen molar-refractivity contribution in [3.8, 4) is 0 Å². The summed E-state index contributed by atoms with van der Waals surface area (Å²) in [5.41, 5.74) is 5.46. The van der Waals surface area contributed by atoms with E-state index in [9.17, 15) is 8.42 Å². The number of nitrogens with two attached hydrogens (primary N) is 1. The topological polar surface area (TPSA) is 63.4 Å². The molecule has 0 bridgehead atoms. The highest BCUT2D eigenvalue weighted by Crippen LogP contribution is 2.27. The molecule has 1 saturated carbocycles. The van der Waals surface area contributed by atoms with E-state index >= 15 is 0 Å². The van der Waals surface area contributed by atoms with Crippen molar-refractivity contribution < 1.29 is 8.42 Å². The van der Waals surface area contributed by atoms with Crippen molar-refractivity contribution in [2.45, 2.75) is 43.9 Å². The molecule has 1 unspecified atom stereocenters. The molecule has 14 heavy (non-hydrogen) atoms. The highest BCUT2D eigenvalue weighted by Gasteiger charge is 2.34. The molecule has 1 aliphatic rings. The fourth-order valence-corrected chi connectivity index (χ4v) is 3.45. The highest BCUT2D eigenvalue weighted by atomic mass is 32.2. The van der Waals surface area contributed by atoms with Gasteiger partial charge in [0.15, 0.2) is 0 Å². The van der Waals surface area contributed by atoms with Crippen molar-refractivity contribution in [3.05, 3.63) is 0 Å². The van der Waals surface area contributed by atoms with Gasteiger partial charge in [0.25, 0.3) is 0 Å². The molecule has 0 aliphatic heterocycles. The van der Waals surface area contributed by atoms with Crippen LogP contribution in [0.25, 0.3) is 0 Å². The van der Waals surface area contributed by atoms with Crippen LogP contribution in [0.4, 0.5) is 0 Å². The van der Waals surface area contributed by atoms with E-state index in [-0.39, 0.29) is 12.6 Å². The first kappa shape index (κ1) is 11.9. The fourth-order valence-electron chi connectivity index (χ4n) is 1.69. The quantitative estimate of drug-likeness (QED) is 0.735. The van der Waals surface area contributed by atoms with Crippen molar-refractivity contribution in [2.75, 3.05) is 13.6 Å². The van der Waals surface area contributed by atoms with Crippen molar-refractivity contribution in [2.24, 2.45) is 5.73 Å². The smallest absolute Gasteiger partial charge is 0.218 e. The van der Waals surface area contributed by atoms with Crippen molar-refractivity contribution >= 4 is 10.0 Å². The van der Waals surface area contributed by atoms with Gasteiger partial charge in [-0.2, -0.15) is 0 Å². The lowest BCUT2D eigenvalue weighted by Crippen LogP contribution is -2.47. The largest absolute Gasteiger partial charge is 0.329 e. The van der Waals surface area contributed by atoms with Gasteiger partial charge in [0, 0.05) is 19.6 Å². The van der Waals surface area contributed by atoms with E-state index < -0.39 is 15.3 Å². The second-order valence-corrected chi connectivity index (χ2v) is 6.18. The SMILES string of the molecule is CCC(CN)S(=O)(=O)N(C)C1CCC1. The minimum absolute atomic E-state index is 0.218. The Bertz CT molecular complexity index is 269. The first-order valence-corrected chi connectivity index (χ1v) is 6.71. The van der Waals surface area contributed by atoms with Crippen LogP contribution in [0.5, 0.6) is 0 Å². The molecule has 0 heterocycles. The van der Waals surface area contributed by atoms with Crippen LogP contribution in [-0.4, -0.2) is 37.6 Å². The fraction of sp³-hybridized carbons (Fsp3) is 1.00. The Labute approximate surface area is 86.5 Å². The lowest BCUT2D eigenvalue weighted by Gasteiger charge is -2.35. The Kier molecular flexibility index (Phi) is 3.92. The van der Waals surface area contributed by atoms with Gasteiger partial charge in [-0.1, -0.05) is 13.3 Å². The van der Waals surface area contributed by atoms with Gasteiger partial charge in [-0.3, -0.25) is 0 Å². The number of nitrogens with zero attached hydrogens (tertiary/aromatic N) is 1. The molecule has 0 aromatic rings. The monoisotopic (exact) mass is 220 g/mol. The summed E-state index contributed by atoms with van der Waals surface area (Å²) in [6.07, 6.45) is 3.73. The van der Waals surface area contributed by atoms with Crippen LogP contribution >= 0.6 is 0 Å². The molecule has 4 nitrogen and oxygen atoms in total. The minimum Gasteiger partial charge on any atom is -0.329 e. The van der Waals surface area contributed by atoms with Crippen LogP contribution in [0.3, 0.4) is 0 Å². The standard InChI is InChI=1S/C9H20N2O2S/c1-3-9(7-10)14(12,13)11(2)8-5-4-6-8/h8-9H,3-7,10H2,1-2H3. The maximum Gasteiger partial charge on any atom is 0.218 e. The molecular formula is C9H20N2O2S. The van der Waals surface area contributed by atoms with Gasteiger partial charge in [-0.05, 0) is 19.3 Å². The molecule has 0 radical (unpaired) electrons. The predicted molar refractivity (Wildman–Crippen MR) is 57.5 cm³/mol. The molecule has 1 atom stereocenters. The summed E-state index contributed by atoms with van der Waals surface area (Å²) in [5, 5.41) is -0.409. The summed E-state index contributed by atoms with van der Waals surface area (Å²) in [6, 6.07) is 0.223. The van der Waals surface area contributed by atoms with Crippen molar-refractivity contribution in [3.63, 3.8) is 0 Å². The third-order valence-electron chi connectivity index (χ3n) is 3.13. The Hall–Kier alpha value is -0.130. The van der Waals surface area contributed by atoms with Gasteiger partial charge in [-0.25, -0.2) is 12.7 Å². The molecule has 0 saturated heterocycles. The van der Waals surface area contributed by atoms with Gasteiger partial charge in [0.05, 0.1) is 5.25 Å². The molecule has 1 rings (SSSR count). The van der Waals surface area contributed by atoms with Gasteiger partial charge >= 0.3 is 0 Å². The first-order chi connectivity index (χ1) is 6.54. The molecule has 5 heteroatoms. The maximum atomic E-state index is 12.0. The van der Waals surface area contributed by atoms with Gasteiger partial charge in [-0.15, -0.1) is 0 Å². The summed E-state index contributed by atoms with van der Waals surface area (Å²) < 4.78 is 25.5. The molecule has 1 fully saturated rings. The molecule has 1 aliphatic carbocycles. The van der Waals surface area contributed by atoms with Gasteiger partial charge in [0.1, 0.15) is 0 Å². The lowest BCUT2D eigenvalue weighted by molar-refractivity contribution is 0.247. The number of hydrogen-bond donors (Lipinski definition) is 1. The second kappa shape index (κ2) is 4.59. The van der Waals surface area contributed by atoms with E-state index in [1.54, 1.807) is 7.05 Å². The van der Waals surface area contributed by atoms with Crippen molar-refractivity contribution in [1.82, 2.24) is 4.31 Å². The summed E-state index contributed by atoms with van der Waals surface area (Å²) >= 11 is 0. The average Bonchev–Trinajstić information content (AvgIpc) is 2.02. The van der Waals surface area contributed by atoms with E-state index in [2.05, 4.69) is 0 Å². The molecule has 84 valence electrons. The highest BCUT2D eigenvalue weighted by molar-refractivity contribution is 7.89. The van der Waals surface area contributed by atoms with Crippen LogP contribution in [0.15, 0.2) is 0 Å². The molecule has 2 N–H and O–H groups in total. The van der Waals surface area contributed by atoms with Crippen LogP contribution < -0.4 is 5.73 Å². The summed E-state index contributed by atoms with van der Waals surface area (Å²) in [6.45, 7) is 2.08. The number of hydrogen-bond acceptors (Lipinski definition) is 3. The zero-order valence-electron chi connectivity index (χ0n) is 8.94. The summed E-state index contributed by atoms with van der Waals surface area (Å²) in [7, 11) is -1.47. The number of sulfonamides is 1. The van der Waals surface area contributed by atoms with Gasteiger partial charge < -0.3 is 5.73 Å².